The molecule has 2 heterocycles. The van der Waals surface area contributed by atoms with E-state index in [9.17, 15) is 4.79 Å². The van der Waals surface area contributed by atoms with Crippen molar-refractivity contribution in [2.75, 3.05) is 33.5 Å². The van der Waals surface area contributed by atoms with Gasteiger partial charge in [0.15, 0.2) is 5.78 Å². The van der Waals surface area contributed by atoms with Crippen molar-refractivity contribution >= 4 is 17.4 Å². The average molecular weight is 327 g/mol. The molecule has 1 aromatic carbocycles. The number of hydrogen-bond acceptors (Lipinski definition) is 5. The molecule has 2 aliphatic heterocycles. The van der Waals surface area contributed by atoms with E-state index in [1.54, 1.807) is 19.2 Å². The molecule has 0 amide bonds. The second-order valence-electron chi connectivity index (χ2n) is 6.00. The summed E-state index contributed by atoms with van der Waals surface area (Å²) in [6.45, 7) is 4.16. The van der Waals surface area contributed by atoms with Crippen LogP contribution in [0.25, 0.3) is 0 Å². The molecule has 0 aromatic heterocycles. The number of hydrogen-bond donors (Lipinski definition) is 0. The van der Waals surface area contributed by atoms with E-state index in [1.165, 1.54) is 0 Å². The Balaban J connectivity index is 1.83. The molecule has 1 saturated heterocycles. The number of carbonyl (C=O) groups is 1. The van der Waals surface area contributed by atoms with Crippen LogP contribution in [0, 0.1) is 5.41 Å². The van der Waals surface area contributed by atoms with E-state index < -0.39 is 0 Å². The monoisotopic (exact) mass is 326 g/mol. The Bertz CT molecular complexity index is 582. The van der Waals surface area contributed by atoms with Crippen molar-refractivity contribution in [3.8, 4) is 11.5 Å². The summed E-state index contributed by atoms with van der Waals surface area (Å²) in [5, 5.41) is 0.406. The largest absolute Gasteiger partial charge is 0.489 e. The van der Waals surface area contributed by atoms with Crippen LogP contribution in [0.4, 0.5) is 0 Å². The summed E-state index contributed by atoms with van der Waals surface area (Å²) in [4.78, 5) is 12.4. The zero-order valence-corrected chi connectivity index (χ0v) is 13.4. The van der Waals surface area contributed by atoms with Gasteiger partial charge in [-0.15, -0.1) is 0 Å². The molecular weight excluding hydrogens is 308 g/mol. The van der Waals surface area contributed by atoms with Crippen molar-refractivity contribution in [1.29, 1.82) is 0 Å². The summed E-state index contributed by atoms with van der Waals surface area (Å²) >= 11 is 6.18. The molecule has 22 heavy (non-hydrogen) atoms. The summed E-state index contributed by atoms with van der Waals surface area (Å²) in [5.41, 5.74) is 0.411. The zero-order chi connectivity index (χ0) is 15.7. The lowest BCUT2D eigenvalue weighted by Gasteiger charge is -2.45. The summed E-state index contributed by atoms with van der Waals surface area (Å²) in [5.74, 6) is 1.08. The number of Topliss-reactive ketones (excluding diaryl/α,β-unsaturated/α-hetero) is 1. The normalized spacial score (nSPS) is 22.5. The lowest BCUT2D eigenvalue weighted by Crippen LogP contribution is -2.53. The Morgan fingerprint density at radius 1 is 1.36 bits per heavy atom. The second-order valence-corrected chi connectivity index (χ2v) is 6.41. The smallest absolute Gasteiger partial charge is 0.170 e. The lowest BCUT2D eigenvalue weighted by molar-refractivity contribution is -0.153. The van der Waals surface area contributed by atoms with Crippen molar-refractivity contribution in [3.63, 3.8) is 0 Å². The molecule has 6 heteroatoms. The Kier molecular flexibility index (Phi) is 4.30. The molecule has 1 atom stereocenters. The molecule has 1 fully saturated rings. The summed E-state index contributed by atoms with van der Waals surface area (Å²) in [6.07, 6.45) is 0.182. The standard InChI is InChI=1S/C16H19ClO5/c1-16(8-20-9-16)15-6-12(18)10-5-11(17)14(7-13(10)22-15)21-4-3-19-2/h5,7,15H,3-4,6,8-9H2,1-2H3. The molecule has 2 aliphatic rings. The van der Waals surface area contributed by atoms with E-state index in [1.807, 2.05) is 0 Å². The molecule has 1 unspecified atom stereocenters. The van der Waals surface area contributed by atoms with Gasteiger partial charge in [0.1, 0.15) is 24.2 Å². The first kappa shape index (κ1) is 15.6. The SMILES string of the molecule is COCCOc1cc2c(cc1Cl)C(=O)CC(C1(C)COC1)O2. The van der Waals surface area contributed by atoms with Crippen LogP contribution in [-0.4, -0.2) is 45.4 Å². The molecule has 120 valence electrons. The fourth-order valence-electron chi connectivity index (χ4n) is 2.67. The van der Waals surface area contributed by atoms with Crippen LogP contribution < -0.4 is 9.47 Å². The zero-order valence-electron chi connectivity index (χ0n) is 12.7. The van der Waals surface area contributed by atoms with E-state index in [-0.39, 0.29) is 17.3 Å². The predicted octanol–water partition coefficient (Wildman–Crippen LogP) is 2.74. The van der Waals surface area contributed by atoms with Crippen molar-refractivity contribution in [1.82, 2.24) is 0 Å². The second kappa shape index (κ2) is 6.07. The van der Waals surface area contributed by atoms with Crippen LogP contribution >= 0.6 is 11.6 Å². The summed E-state index contributed by atoms with van der Waals surface area (Å²) < 4.78 is 21.8. The average Bonchev–Trinajstić information content (AvgIpc) is 2.46. The first-order valence-electron chi connectivity index (χ1n) is 7.26. The van der Waals surface area contributed by atoms with Gasteiger partial charge >= 0.3 is 0 Å². The van der Waals surface area contributed by atoms with Crippen LogP contribution in [0.2, 0.25) is 5.02 Å². The van der Waals surface area contributed by atoms with Crippen LogP contribution in [0.15, 0.2) is 12.1 Å². The number of fused-ring (bicyclic) bond motifs is 1. The lowest BCUT2D eigenvalue weighted by atomic mass is 9.78. The Hall–Kier alpha value is -1.30. The van der Waals surface area contributed by atoms with Crippen molar-refractivity contribution in [2.45, 2.75) is 19.4 Å². The highest BCUT2D eigenvalue weighted by Gasteiger charge is 2.46. The third-order valence-electron chi connectivity index (χ3n) is 4.16. The van der Waals surface area contributed by atoms with Gasteiger partial charge in [-0.1, -0.05) is 18.5 Å². The fraction of sp³-hybridized carbons (Fsp3) is 0.562. The molecule has 0 spiro atoms. The van der Waals surface area contributed by atoms with Gasteiger partial charge in [-0.25, -0.2) is 0 Å². The molecule has 0 bridgehead atoms. The van der Waals surface area contributed by atoms with Crippen LogP contribution in [-0.2, 0) is 9.47 Å². The number of rotatable bonds is 5. The third kappa shape index (κ3) is 2.81. The molecule has 0 radical (unpaired) electrons. The molecule has 1 aromatic rings. The number of halogens is 1. The highest BCUT2D eigenvalue weighted by molar-refractivity contribution is 6.32. The Labute approximate surface area is 134 Å². The molecule has 3 rings (SSSR count). The van der Waals surface area contributed by atoms with Gasteiger partial charge in [0.05, 0.1) is 35.8 Å². The van der Waals surface area contributed by atoms with E-state index in [0.29, 0.717) is 54.9 Å². The summed E-state index contributed by atoms with van der Waals surface area (Å²) in [7, 11) is 1.60. The van der Waals surface area contributed by atoms with E-state index >= 15 is 0 Å². The molecule has 0 N–H and O–H groups in total. The third-order valence-corrected chi connectivity index (χ3v) is 4.46. The molecular formula is C16H19ClO5. The minimum Gasteiger partial charge on any atom is -0.489 e. The van der Waals surface area contributed by atoms with E-state index in [0.717, 1.165) is 0 Å². The maximum absolute atomic E-state index is 12.4. The van der Waals surface area contributed by atoms with Gasteiger partial charge in [-0.3, -0.25) is 4.79 Å². The number of benzene rings is 1. The maximum atomic E-state index is 12.4. The van der Waals surface area contributed by atoms with Crippen LogP contribution in [0.1, 0.15) is 23.7 Å². The molecule has 5 nitrogen and oxygen atoms in total. The molecule has 0 saturated carbocycles. The van der Waals surface area contributed by atoms with E-state index in [4.69, 9.17) is 30.5 Å². The summed E-state index contributed by atoms with van der Waals surface area (Å²) in [6, 6.07) is 3.32. The van der Waals surface area contributed by atoms with Gasteiger partial charge in [0.25, 0.3) is 0 Å². The number of methoxy groups -OCH3 is 1. The first-order chi connectivity index (χ1) is 10.5. The van der Waals surface area contributed by atoms with Gasteiger partial charge in [0, 0.05) is 19.6 Å². The van der Waals surface area contributed by atoms with Crippen molar-refractivity contribution in [2.24, 2.45) is 5.41 Å². The number of ether oxygens (including phenoxy) is 4. The maximum Gasteiger partial charge on any atom is 0.170 e. The molecule has 0 aliphatic carbocycles. The Morgan fingerprint density at radius 2 is 2.14 bits per heavy atom. The van der Waals surface area contributed by atoms with Crippen LogP contribution in [0.5, 0.6) is 11.5 Å². The van der Waals surface area contributed by atoms with Gasteiger partial charge in [-0.05, 0) is 6.07 Å². The highest BCUT2D eigenvalue weighted by atomic mass is 35.5. The predicted molar refractivity (Wildman–Crippen MR) is 81.1 cm³/mol. The van der Waals surface area contributed by atoms with Gasteiger partial charge < -0.3 is 18.9 Å². The quantitative estimate of drug-likeness (QED) is 0.779. The van der Waals surface area contributed by atoms with Crippen molar-refractivity contribution in [3.05, 3.63) is 22.7 Å². The number of ketones is 1. The van der Waals surface area contributed by atoms with Gasteiger partial charge in [-0.2, -0.15) is 0 Å². The minimum absolute atomic E-state index is 0.0460. The fourth-order valence-corrected chi connectivity index (χ4v) is 2.89. The number of carbonyl (C=O) groups excluding carboxylic acids is 1. The topological polar surface area (TPSA) is 54.0 Å². The first-order valence-corrected chi connectivity index (χ1v) is 7.64. The van der Waals surface area contributed by atoms with Gasteiger partial charge in [0.2, 0.25) is 0 Å². The van der Waals surface area contributed by atoms with Crippen LogP contribution in [0.3, 0.4) is 0 Å². The Morgan fingerprint density at radius 3 is 2.77 bits per heavy atom. The van der Waals surface area contributed by atoms with Crippen molar-refractivity contribution < 1.29 is 23.7 Å². The highest BCUT2D eigenvalue weighted by Crippen LogP contribution is 2.42. The minimum atomic E-state index is -0.172. The van der Waals surface area contributed by atoms with E-state index in [2.05, 4.69) is 6.92 Å².